The zero-order chi connectivity index (χ0) is 35.3. The van der Waals surface area contributed by atoms with E-state index < -0.39 is 35.2 Å². The standard InChI is InChI=1S/C37H57N3O9/c1-36(2,3)49-35(44)39-22-28(33(42)38-37(4,5)25-12-17-46-18-13-25)32(41)29(23-39)34(43)40(26-10-11-26)21-24-19-30-27(9-7-15-47-30)31(20-24)48-16-8-14-45-6/h19-20,25-26,28-29,32,41H,7-18,21-23H2,1-6H3,(H,38,42)/t28-,29+,32-/m1/s1. The van der Waals surface area contributed by atoms with Gasteiger partial charge in [0.1, 0.15) is 17.1 Å². The number of aliphatic hydroxyl groups excluding tert-OH is 1. The van der Waals surface area contributed by atoms with Gasteiger partial charge in [0.15, 0.2) is 0 Å². The Labute approximate surface area is 291 Å². The first-order valence-electron chi connectivity index (χ1n) is 18.0. The second-order valence-electron chi connectivity index (χ2n) is 15.6. The Bertz CT molecular complexity index is 1320. The number of piperidine rings is 1. The number of fused-ring (bicyclic) bond motifs is 1. The van der Waals surface area contributed by atoms with Crippen LogP contribution >= 0.6 is 0 Å². The van der Waals surface area contributed by atoms with E-state index in [-0.39, 0.29) is 43.4 Å². The third-order valence-electron chi connectivity index (χ3n) is 10.1. The first kappa shape index (κ1) is 37.2. The molecule has 5 rings (SSSR count). The molecule has 0 radical (unpaired) electrons. The first-order valence-corrected chi connectivity index (χ1v) is 18.0. The van der Waals surface area contributed by atoms with Gasteiger partial charge in [-0.1, -0.05) is 0 Å². The van der Waals surface area contributed by atoms with Gasteiger partial charge in [0.25, 0.3) is 0 Å². The summed E-state index contributed by atoms with van der Waals surface area (Å²) in [6.45, 7) is 12.5. The summed E-state index contributed by atoms with van der Waals surface area (Å²) in [6.07, 6.45) is 3.92. The number of likely N-dealkylation sites (tertiary alicyclic amines) is 1. The fourth-order valence-corrected chi connectivity index (χ4v) is 7.18. The monoisotopic (exact) mass is 687 g/mol. The van der Waals surface area contributed by atoms with Gasteiger partial charge in [0, 0.05) is 70.1 Å². The molecule has 3 fully saturated rings. The molecular weight excluding hydrogens is 630 g/mol. The average Bonchev–Trinajstić information content (AvgIpc) is 3.90. The second-order valence-corrected chi connectivity index (χ2v) is 15.6. The summed E-state index contributed by atoms with van der Waals surface area (Å²) in [5, 5.41) is 15.0. The average molecular weight is 688 g/mol. The summed E-state index contributed by atoms with van der Waals surface area (Å²) >= 11 is 0. The number of methoxy groups -OCH3 is 1. The molecule has 0 spiro atoms. The van der Waals surface area contributed by atoms with Crippen molar-refractivity contribution in [2.75, 3.05) is 53.2 Å². The predicted molar refractivity (Wildman–Crippen MR) is 182 cm³/mol. The molecule has 0 bridgehead atoms. The van der Waals surface area contributed by atoms with Gasteiger partial charge >= 0.3 is 6.09 Å². The van der Waals surface area contributed by atoms with Crippen molar-refractivity contribution in [1.29, 1.82) is 0 Å². The fourth-order valence-electron chi connectivity index (χ4n) is 7.18. The lowest BCUT2D eigenvalue weighted by molar-refractivity contribution is -0.150. The van der Waals surface area contributed by atoms with Crippen molar-refractivity contribution in [1.82, 2.24) is 15.1 Å². The van der Waals surface area contributed by atoms with Crippen LogP contribution in [0.2, 0.25) is 0 Å². The van der Waals surface area contributed by atoms with E-state index in [2.05, 4.69) is 5.32 Å². The summed E-state index contributed by atoms with van der Waals surface area (Å²) in [7, 11) is 1.67. The number of carbonyl (C=O) groups excluding carboxylic acids is 3. The molecule has 0 aromatic heterocycles. The Kier molecular flexibility index (Phi) is 12.0. The van der Waals surface area contributed by atoms with Crippen molar-refractivity contribution in [3.05, 3.63) is 23.3 Å². The van der Waals surface area contributed by atoms with Gasteiger partial charge in [-0.15, -0.1) is 0 Å². The van der Waals surface area contributed by atoms with Crippen molar-refractivity contribution >= 4 is 17.9 Å². The van der Waals surface area contributed by atoms with Crippen LogP contribution in [0.4, 0.5) is 4.79 Å². The van der Waals surface area contributed by atoms with E-state index in [1.54, 1.807) is 32.8 Å². The highest BCUT2D eigenvalue weighted by atomic mass is 16.6. The van der Waals surface area contributed by atoms with Crippen molar-refractivity contribution in [2.45, 2.75) is 109 Å². The highest BCUT2D eigenvalue weighted by Crippen LogP contribution is 2.38. The predicted octanol–water partition coefficient (Wildman–Crippen LogP) is 4.08. The van der Waals surface area contributed by atoms with Gasteiger partial charge in [0.2, 0.25) is 11.8 Å². The Balaban J connectivity index is 1.38. The third-order valence-corrected chi connectivity index (χ3v) is 10.1. The third kappa shape index (κ3) is 9.58. The lowest BCUT2D eigenvalue weighted by Gasteiger charge is -2.44. The number of aliphatic hydroxyl groups is 1. The lowest BCUT2D eigenvalue weighted by atomic mass is 9.80. The van der Waals surface area contributed by atoms with Gasteiger partial charge < -0.3 is 43.9 Å². The fraction of sp³-hybridized carbons (Fsp3) is 0.757. The summed E-state index contributed by atoms with van der Waals surface area (Å²) in [4.78, 5) is 45.1. The van der Waals surface area contributed by atoms with Crippen LogP contribution in [0.3, 0.4) is 0 Å². The van der Waals surface area contributed by atoms with E-state index in [0.29, 0.717) is 33.0 Å². The van der Waals surface area contributed by atoms with Crippen molar-refractivity contribution in [3.63, 3.8) is 0 Å². The van der Waals surface area contributed by atoms with Crippen LogP contribution in [0.15, 0.2) is 12.1 Å². The molecule has 1 saturated carbocycles. The topological polar surface area (TPSA) is 136 Å². The Morgan fingerprint density at radius 1 is 1.00 bits per heavy atom. The van der Waals surface area contributed by atoms with E-state index in [1.807, 2.05) is 26.0 Å². The molecule has 12 heteroatoms. The SMILES string of the molecule is COCCCOc1cc(CN(C(=O)[C@H]2CN(C(=O)OC(C)(C)C)C[C@@H](C(=O)NC(C)(C)C3CCOCC3)[C@H]2O)C2CC2)cc2c1CCCO2. The smallest absolute Gasteiger partial charge is 0.410 e. The molecule has 2 saturated heterocycles. The minimum atomic E-state index is -1.29. The van der Waals surface area contributed by atoms with Crippen LogP contribution in [0, 0.1) is 17.8 Å². The molecule has 4 aliphatic rings. The Hall–Kier alpha value is -3.09. The number of hydrogen-bond acceptors (Lipinski definition) is 9. The summed E-state index contributed by atoms with van der Waals surface area (Å²) in [5.74, 6) is -0.969. The van der Waals surface area contributed by atoms with E-state index in [4.69, 9.17) is 23.7 Å². The summed E-state index contributed by atoms with van der Waals surface area (Å²) in [6, 6.07) is 3.97. The van der Waals surface area contributed by atoms with Crippen LogP contribution in [0.5, 0.6) is 11.5 Å². The molecule has 3 amide bonds. The molecule has 3 atom stereocenters. The van der Waals surface area contributed by atoms with E-state index in [1.165, 1.54) is 4.90 Å². The number of benzene rings is 1. The van der Waals surface area contributed by atoms with Crippen LogP contribution in [0.1, 0.15) is 84.3 Å². The van der Waals surface area contributed by atoms with E-state index in [0.717, 1.165) is 67.6 Å². The first-order chi connectivity index (χ1) is 23.3. The maximum atomic E-state index is 14.5. The Morgan fingerprint density at radius 3 is 2.39 bits per heavy atom. The minimum Gasteiger partial charge on any atom is -0.493 e. The summed E-state index contributed by atoms with van der Waals surface area (Å²) < 4.78 is 28.6. The number of carbonyl (C=O) groups is 3. The number of nitrogens with one attached hydrogen (secondary N) is 1. The number of amides is 3. The molecule has 12 nitrogen and oxygen atoms in total. The molecule has 1 aliphatic carbocycles. The molecule has 1 aromatic rings. The van der Waals surface area contributed by atoms with Gasteiger partial charge in [-0.2, -0.15) is 0 Å². The number of ether oxygens (including phenoxy) is 5. The maximum Gasteiger partial charge on any atom is 0.410 e. The van der Waals surface area contributed by atoms with Crippen molar-refractivity contribution in [3.8, 4) is 11.5 Å². The normalized spacial score (nSPS) is 23.2. The molecule has 3 aliphatic heterocycles. The minimum absolute atomic E-state index is 0.000597. The Morgan fingerprint density at radius 2 is 1.71 bits per heavy atom. The molecule has 0 unspecified atom stereocenters. The molecule has 274 valence electrons. The van der Waals surface area contributed by atoms with Gasteiger partial charge in [-0.25, -0.2) is 4.79 Å². The quantitative estimate of drug-likeness (QED) is 0.312. The van der Waals surface area contributed by atoms with Crippen molar-refractivity contribution < 1.29 is 43.2 Å². The largest absolute Gasteiger partial charge is 0.493 e. The van der Waals surface area contributed by atoms with Crippen LogP contribution in [-0.2, 0) is 36.8 Å². The summed E-state index contributed by atoms with van der Waals surface area (Å²) in [5.41, 5.74) is 0.564. The van der Waals surface area contributed by atoms with Gasteiger partial charge in [-0.3, -0.25) is 9.59 Å². The molecular formula is C37H57N3O9. The zero-order valence-electron chi connectivity index (χ0n) is 30.3. The lowest BCUT2D eigenvalue weighted by Crippen LogP contribution is -2.62. The van der Waals surface area contributed by atoms with Crippen LogP contribution < -0.4 is 14.8 Å². The molecule has 49 heavy (non-hydrogen) atoms. The van der Waals surface area contributed by atoms with Crippen molar-refractivity contribution in [2.24, 2.45) is 17.8 Å². The molecule has 3 heterocycles. The van der Waals surface area contributed by atoms with Gasteiger partial charge in [0.05, 0.1) is 31.2 Å². The molecule has 2 N–H and O–H groups in total. The number of hydrogen-bond donors (Lipinski definition) is 2. The zero-order valence-corrected chi connectivity index (χ0v) is 30.3. The van der Waals surface area contributed by atoms with Crippen LogP contribution in [-0.4, -0.2) is 109 Å². The number of rotatable bonds is 12. The van der Waals surface area contributed by atoms with E-state index in [9.17, 15) is 19.5 Å². The van der Waals surface area contributed by atoms with E-state index >= 15 is 0 Å². The second kappa shape index (κ2) is 15.9. The van der Waals surface area contributed by atoms with Crippen LogP contribution in [0.25, 0.3) is 0 Å². The molecule has 1 aromatic carbocycles. The highest BCUT2D eigenvalue weighted by molar-refractivity contribution is 5.86. The van der Waals surface area contributed by atoms with Gasteiger partial charge in [-0.05, 0) is 96.8 Å². The number of nitrogens with zero attached hydrogens (tertiary/aromatic N) is 2. The maximum absolute atomic E-state index is 14.5. The highest BCUT2D eigenvalue weighted by Gasteiger charge is 2.49.